The van der Waals surface area contributed by atoms with Crippen molar-refractivity contribution < 1.29 is 4.42 Å². The van der Waals surface area contributed by atoms with Crippen LogP contribution in [0, 0.1) is 0 Å². The molecular formula is C17H17ClN2O. The van der Waals surface area contributed by atoms with Crippen molar-refractivity contribution in [1.82, 2.24) is 10.3 Å². The van der Waals surface area contributed by atoms with E-state index in [2.05, 4.69) is 23.3 Å². The van der Waals surface area contributed by atoms with E-state index >= 15 is 0 Å². The van der Waals surface area contributed by atoms with Gasteiger partial charge in [0.25, 0.3) is 0 Å². The van der Waals surface area contributed by atoms with Gasteiger partial charge in [0.15, 0.2) is 5.58 Å². The van der Waals surface area contributed by atoms with Crippen LogP contribution in [0.4, 0.5) is 0 Å². The molecule has 3 rings (SSSR count). The van der Waals surface area contributed by atoms with Gasteiger partial charge in [0, 0.05) is 17.8 Å². The molecule has 0 radical (unpaired) electrons. The Hall–Kier alpha value is -1.84. The average molecular weight is 301 g/mol. The number of nitrogens with zero attached hydrogens (tertiary/aromatic N) is 1. The number of benzene rings is 1. The lowest BCUT2D eigenvalue weighted by molar-refractivity contribution is 0.435. The summed E-state index contributed by atoms with van der Waals surface area (Å²) in [5.74, 6) is 0.914. The molecule has 1 aromatic carbocycles. The van der Waals surface area contributed by atoms with Gasteiger partial charge in [-0.2, -0.15) is 0 Å². The number of fused-ring (bicyclic) bond motifs is 1. The quantitative estimate of drug-likeness (QED) is 0.760. The first kappa shape index (κ1) is 14.1. The smallest absolute Gasteiger partial charge is 0.152 e. The Morgan fingerprint density at radius 2 is 2.05 bits per heavy atom. The van der Waals surface area contributed by atoms with Gasteiger partial charge >= 0.3 is 0 Å². The molecule has 0 saturated heterocycles. The SMILES string of the molecule is CCNC(Cc1ccncc1)c1cc2cccc(Cl)c2o1. The second-order valence-electron chi connectivity index (χ2n) is 4.98. The summed E-state index contributed by atoms with van der Waals surface area (Å²) in [4.78, 5) is 4.06. The van der Waals surface area contributed by atoms with E-state index in [-0.39, 0.29) is 6.04 Å². The molecule has 0 aliphatic rings. The van der Waals surface area contributed by atoms with Crippen LogP contribution in [0.1, 0.15) is 24.3 Å². The van der Waals surface area contributed by atoms with Crippen LogP contribution in [-0.2, 0) is 6.42 Å². The van der Waals surface area contributed by atoms with Crippen molar-refractivity contribution in [3.8, 4) is 0 Å². The van der Waals surface area contributed by atoms with Gasteiger partial charge in [-0.25, -0.2) is 0 Å². The summed E-state index contributed by atoms with van der Waals surface area (Å²) in [6, 6.07) is 12.1. The number of para-hydroxylation sites is 1. The van der Waals surface area contributed by atoms with Crippen LogP contribution < -0.4 is 5.32 Å². The minimum Gasteiger partial charge on any atom is -0.458 e. The molecule has 4 heteroatoms. The molecule has 3 aromatic rings. The second kappa shape index (κ2) is 6.29. The minimum atomic E-state index is 0.126. The standard InChI is InChI=1S/C17H17ClN2O/c1-2-20-15(10-12-6-8-19-9-7-12)16-11-13-4-3-5-14(18)17(13)21-16/h3-9,11,15,20H,2,10H2,1H3. The number of likely N-dealkylation sites (N-methyl/N-ethyl adjacent to an activating group) is 1. The molecule has 1 atom stereocenters. The fraction of sp³-hybridized carbons (Fsp3) is 0.235. The van der Waals surface area contributed by atoms with Gasteiger partial charge < -0.3 is 9.73 Å². The molecule has 0 aliphatic carbocycles. The number of aromatic nitrogens is 1. The Kier molecular flexibility index (Phi) is 4.23. The molecule has 0 aliphatic heterocycles. The maximum atomic E-state index is 6.19. The summed E-state index contributed by atoms with van der Waals surface area (Å²) >= 11 is 6.19. The van der Waals surface area contributed by atoms with E-state index in [1.807, 2.05) is 42.7 Å². The van der Waals surface area contributed by atoms with Crippen LogP contribution in [-0.4, -0.2) is 11.5 Å². The fourth-order valence-corrected chi connectivity index (χ4v) is 2.71. The summed E-state index contributed by atoms with van der Waals surface area (Å²) < 4.78 is 5.98. The van der Waals surface area contributed by atoms with Gasteiger partial charge in [-0.1, -0.05) is 30.7 Å². The van der Waals surface area contributed by atoms with E-state index in [1.54, 1.807) is 0 Å². The third kappa shape index (κ3) is 3.09. The lowest BCUT2D eigenvalue weighted by Gasteiger charge is -2.15. The molecule has 0 saturated carbocycles. The van der Waals surface area contributed by atoms with E-state index < -0.39 is 0 Å². The van der Waals surface area contributed by atoms with Gasteiger partial charge in [0.05, 0.1) is 11.1 Å². The number of halogens is 1. The van der Waals surface area contributed by atoms with Gasteiger partial charge in [0.2, 0.25) is 0 Å². The predicted octanol–water partition coefficient (Wildman–Crippen LogP) is 4.37. The summed E-state index contributed by atoms with van der Waals surface area (Å²) in [6.07, 6.45) is 4.48. The summed E-state index contributed by atoms with van der Waals surface area (Å²) in [5.41, 5.74) is 1.98. The zero-order valence-corrected chi connectivity index (χ0v) is 12.6. The van der Waals surface area contributed by atoms with Gasteiger partial charge in [-0.05, 0) is 42.8 Å². The van der Waals surface area contributed by atoms with Crippen molar-refractivity contribution in [2.45, 2.75) is 19.4 Å². The highest BCUT2D eigenvalue weighted by Gasteiger charge is 2.17. The highest BCUT2D eigenvalue weighted by Crippen LogP contribution is 2.30. The lowest BCUT2D eigenvalue weighted by Crippen LogP contribution is -2.22. The number of hydrogen-bond donors (Lipinski definition) is 1. The molecule has 0 bridgehead atoms. The molecule has 2 aromatic heterocycles. The maximum absolute atomic E-state index is 6.19. The van der Waals surface area contributed by atoms with Gasteiger partial charge in [-0.15, -0.1) is 0 Å². The zero-order chi connectivity index (χ0) is 14.7. The topological polar surface area (TPSA) is 38.1 Å². The van der Waals surface area contributed by atoms with Gasteiger partial charge in [-0.3, -0.25) is 4.98 Å². The largest absolute Gasteiger partial charge is 0.458 e. The predicted molar refractivity (Wildman–Crippen MR) is 85.6 cm³/mol. The second-order valence-corrected chi connectivity index (χ2v) is 5.38. The van der Waals surface area contributed by atoms with Crippen molar-refractivity contribution >= 4 is 22.6 Å². The van der Waals surface area contributed by atoms with Crippen molar-refractivity contribution in [3.63, 3.8) is 0 Å². The molecular weight excluding hydrogens is 284 g/mol. The Labute approximate surface area is 128 Å². The molecule has 0 amide bonds. The van der Waals surface area contributed by atoms with Crippen LogP contribution in [0.5, 0.6) is 0 Å². The number of nitrogens with one attached hydrogen (secondary N) is 1. The summed E-state index contributed by atoms with van der Waals surface area (Å²) in [6.45, 7) is 2.97. The van der Waals surface area contributed by atoms with Crippen LogP contribution in [0.2, 0.25) is 5.02 Å². The molecule has 0 spiro atoms. The number of hydrogen-bond acceptors (Lipinski definition) is 3. The summed E-state index contributed by atoms with van der Waals surface area (Å²) in [5, 5.41) is 5.16. The highest BCUT2D eigenvalue weighted by atomic mass is 35.5. The van der Waals surface area contributed by atoms with E-state index in [0.717, 1.165) is 29.7 Å². The van der Waals surface area contributed by atoms with Crippen LogP contribution in [0.25, 0.3) is 11.0 Å². The van der Waals surface area contributed by atoms with Crippen molar-refractivity contribution in [2.24, 2.45) is 0 Å². The Balaban J connectivity index is 1.93. The molecule has 0 fully saturated rings. The third-order valence-corrected chi connectivity index (χ3v) is 3.80. The van der Waals surface area contributed by atoms with E-state index in [9.17, 15) is 0 Å². The third-order valence-electron chi connectivity index (χ3n) is 3.50. The summed E-state index contributed by atoms with van der Waals surface area (Å²) in [7, 11) is 0. The fourth-order valence-electron chi connectivity index (χ4n) is 2.49. The first-order chi connectivity index (χ1) is 10.3. The molecule has 2 heterocycles. The molecule has 3 nitrogen and oxygen atoms in total. The first-order valence-corrected chi connectivity index (χ1v) is 7.46. The zero-order valence-electron chi connectivity index (χ0n) is 11.8. The van der Waals surface area contributed by atoms with E-state index in [1.165, 1.54) is 5.56 Å². The highest BCUT2D eigenvalue weighted by molar-refractivity contribution is 6.34. The average Bonchev–Trinajstić information content (AvgIpc) is 2.93. The first-order valence-electron chi connectivity index (χ1n) is 7.08. The maximum Gasteiger partial charge on any atom is 0.152 e. The monoisotopic (exact) mass is 300 g/mol. The van der Waals surface area contributed by atoms with Crippen molar-refractivity contribution in [3.05, 3.63) is 65.1 Å². The molecule has 1 N–H and O–H groups in total. The lowest BCUT2D eigenvalue weighted by atomic mass is 10.0. The Morgan fingerprint density at radius 1 is 1.24 bits per heavy atom. The van der Waals surface area contributed by atoms with E-state index in [0.29, 0.717) is 5.02 Å². The minimum absolute atomic E-state index is 0.126. The number of furan rings is 1. The number of pyridine rings is 1. The van der Waals surface area contributed by atoms with Crippen molar-refractivity contribution in [2.75, 3.05) is 6.54 Å². The van der Waals surface area contributed by atoms with Crippen LogP contribution in [0.3, 0.4) is 0 Å². The molecule has 108 valence electrons. The van der Waals surface area contributed by atoms with E-state index in [4.69, 9.17) is 16.0 Å². The van der Waals surface area contributed by atoms with Crippen LogP contribution in [0.15, 0.2) is 53.2 Å². The molecule has 21 heavy (non-hydrogen) atoms. The van der Waals surface area contributed by atoms with Gasteiger partial charge in [0.1, 0.15) is 5.76 Å². The Bertz CT molecular complexity index is 724. The normalized spacial score (nSPS) is 12.7. The number of rotatable bonds is 5. The molecule has 1 unspecified atom stereocenters. The van der Waals surface area contributed by atoms with Crippen molar-refractivity contribution in [1.29, 1.82) is 0 Å². The van der Waals surface area contributed by atoms with Crippen LogP contribution >= 0.6 is 11.6 Å². The Morgan fingerprint density at radius 3 is 2.76 bits per heavy atom.